The van der Waals surface area contributed by atoms with Crippen LogP contribution in [0.1, 0.15) is 23.6 Å². The third-order valence-corrected chi connectivity index (χ3v) is 6.05. The second-order valence-corrected chi connectivity index (χ2v) is 8.10. The molecule has 1 aliphatic rings. The molecule has 0 N–H and O–H groups in total. The van der Waals surface area contributed by atoms with Gasteiger partial charge in [0.2, 0.25) is 0 Å². The predicted molar refractivity (Wildman–Crippen MR) is 120 cm³/mol. The zero-order valence-electron chi connectivity index (χ0n) is 18.3. The van der Waals surface area contributed by atoms with Crippen LogP contribution in [0.15, 0.2) is 53.1 Å². The molecule has 0 bridgehead atoms. The van der Waals surface area contributed by atoms with Crippen molar-refractivity contribution in [2.24, 2.45) is 0 Å². The number of aryl methyl sites for hydroxylation is 2. The third kappa shape index (κ3) is 4.43. The Morgan fingerprint density at radius 2 is 1.74 bits per heavy atom. The van der Waals surface area contributed by atoms with Crippen molar-refractivity contribution >= 4 is 28.5 Å². The Kier molecular flexibility index (Phi) is 5.98. The van der Waals surface area contributed by atoms with Crippen LogP contribution in [0.2, 0.25) is 0 Å². The highest BCUT2D eigenvalue weighted by Gasteiger charge is 2.27. The fourth-order valence-corrected chi connectivity index (χ4v) is 4.05. The molecular formula is C25H28N2O4. The zero-order valence-corrected chi connectivity index (χ0v) is 18.3. The molecule has 2 aromatic carbocycles. The summed E-state index contributed by atoms with van der Waals surface area (Å²) in [5.74, 6) is -0.575. The van der Waals surface area contributed by atoms with Gasteiger partial charge in [-0.15, -0.1) is 0 Å². The number of ether oxygens (including phenoxy) is 1. The molecule has 3 aromatic rings. The summed E-state index contributed by atoms with van der Waals surface area (Å²) in [6.07, 6.45) is 0.876. The van der Waals surface area contributed by atoms with Crippen LogP contribution < -0.4 is 4.90 Å². The number of carbonyl (C=O) groups excluding carboxylic acids is 2. The van der Waals surface area contributed by atoms with E-state index in [0.29, 0.717) is 13.1 Å². The minimum atomic E-state index is -0.807. The van der Waals surface area contributed by atoms with Crippen molar-refractivity contribution < 1.29 is 18.7 Å². The van der Waals surface area contributed by atoms with E-state index in [1.807, 2.05) is 44.2 Å². The lowest BCUT2D eigenvalue weighted by Gasteiger charge is -2.37. The van der Waals surface area contributed by atoms with Gasteiger partial charge in [0, 0.05) is 42.8 Å². The van der Waals surface area contributed by atoms with E-state index >= 15 is 0 Å². The molecule has 162 valence electrons. The minimum absolute atomic E-state index is 0.0783. The first-order valence-corrected chi connectivity index (χ1v) is 10.7. The summed E-state index contributed by atoms with van der Waals surface area (Å²) >= 11 is 0. The van der Waals surface area contributed by atoms with Gasteiger partial charge < -0.3 is 19.0 Å². The molecule has 1 amide bonds. The quantitative estimate of drug-likeness (QED) is 0.587. The van der Waals surface area contributed by atoms with Gasteiger partial charge in [-0.3, -0.25) is 9.59 Å². The molecule has 1 aromatic heterocycles. The van der Waals surface area contributed by atoms with Crippen molar-refractivity contribution in [1.82, 2.24) is 4.90 Å². The van der Waals surface area contributed by atoms with E-state index in [9.17, 15) is 9.59 Å². The van der Waals surface area contributed by atoms with Crippen LogP contribution >= 0.6 is 0 Å². The lowest BCUT2D eigenvalue weighted by atomic mass is 10.0. The molecule has 2 heterocycles. The van der Waals surface area contributed by atoms with E-state index < -0.39 is 12.1 Å². The van der Waals surface area contributed by atoms with Gasteiger partial charge in [-0.05, 0) is 44.0 Å². The molecule has 0 unspecified atom stereocenters. The van der Waals surface area contributed by atoms with Crippen LogP contribution in [-0.4, -0.2) is 49.1 Å². The first-order valence-electron chi connectivity index (χ1n) is 10.7. The second kappa shape index (κ2) is 8.84. The Morgan fingerprint density at radius 1 is 1.03 bits per heavy atom. The number of carbonyl (C=O) groups is 2. The SMILES string of the molecule is Cc1ccc2c(CC(=O)O[C@H](C)C(=O)N3CCN(c4ccccc4)CC3)coc2c1C. The molecule has 1 aliphatic heterocycles. The number of esters is 1. The maximum atomic E-state index is 12.8. The molecule has 0 radical (unpaired) electrons. The number of para-hydroxylation sites is 1. The summed E-state index contributed by atoms with van der Waals surface area (Å²) in [7, 11) is 0. The average molecular weight is 421 g/mol. The average Bonchev–Trinajstić information content (AvgIpc) is 3.19. The van der Waals surface area contributed by atoms with E-state index in [-0.39, 0.29) is 12.3 Å². The van der Waals surface area contributed by atoms with Gasteiger partial charge in [0.25, 0.3) is 5.91 Å². The van der Waals surface area contributed by atoms with E-state index in [0.717, 1.165) is 46.4 Å². The number of benzene rings is 2. The summed E-state index contributed by atoms with van der Waals surface area (Å²) < 4.78 is 11.1. The number of piperazine rings is 1. The molecule has 31 heavy (non-hydrogen) atoms. The van der Waals surface area contributed by atoms with Crippen LogP contribution in [0, 0.1) is 13.8 Å². The van der Waals surface area contributed by atoms with Crippen LogP contribution in [0.3, 0.4) is 0 Å². The Morgan fingerprint density at radius 3 is 2.45 bits per heavy atom. The summed E-state index contributed by atoms with van der Waals surface area (Å²) in [6.45, 7) is 8.41. The summed E-state index contributed by atoms with van der Waals surface area (Å²) in [6, 6.07) is 14.1. The minimum Gasteiger partial charge on any atom is -0.464 e. The maximum Gasteiger partial charge on any atom is 0.311 e. The topological polar surface area (TPSA) is 63.0 Å². The van der Waals surface area contributed by atoms with E-state index in [1.54, 1.807) is 18.1 Å². The van der Waals surface area contributed by atoms with Crippen LogP contribution in [-0.2, 0) is 20.7 Å². The Labute approximate surface area is 182 Å². The summed E-state index contributed by atoms with van der Waals surface area (Å²) in [5, 5.41) is 0.913. The van der Waals surface area contributed by atoms with Crippen molar-refractivity contribution in [3.63, 3.8) is 0 Å². The first kappa shape index (κ1) is 21.0. The van der Waals surface area contributed by atoms with E-state index in [4.69, 9.17) is 9.15 Å². The van der Waals surface area contributed by atoms with Gasteiger partial charge in [-0.2, -0.15) is 0 Å². The highest BCUT2D eigenvalue weighted by atomic mass is 16.5. The number of amides is 1. The largest absolute Gasteiger partial charge is 0.464 e. The van der Waals surface area contributed by atoms with Crippen LogP contribution in [0.5, 0.6) is 0 Å². The van der Waals surface area contributed by atoms with Crippen molar-refractivity contribution in [3.8, 4) is 0 Å². The number of furan rings is 1. The number of hydrogen-bond donors (Lipinski definition) is 0. The molecule has 6 nitrogen and oxygen atoms in total. The van der Waals surface area contributed by atoms with Crippen molar-refractivity contribution in [2.75, 3.05) is 31.1 Å². The number of rotatable bonds is 5. The van der Waals surface area contributed by atoms with Gasteiger partial charge in [0.1, 0.15) is 5.58 Å². The lowest BCUT2D eigenvalue weighted by Crippen LogP contribution is -2.51. The molecule has 0 aliphatic carbocycles. The van der Waals surface area contributed by atoms with Crippen LogP contribution in [0.25, 0.3) is 11.0 Å². The van der Waals surface area contributed by atoms with Gasteiger partial charge in [-0.1, -0.05) is 30.3 Å². The molecular weight excluding hydrogens is 392 g/mol. The van der Waals surface area contributed by atoms with E-state index in [1.165, 1.54) is 0 Å². The Bertz CT molecular complexity index is 1080. The number of anilines is 1. The third-order valence-electron chi connectivity index (χ3n) is 6.05. The van der Waals surface area contributed by atoms with Crippen molar-refractivity contribution in [1.29, 1.82) is 0 Å². The van der Waals surface area contributed by atoms with Gasteiger partial charge in [0.05, 0.1) is 12.7 Å². The summed E-state index contributed by atoms with van der Waals surface area (Å²) in [5.41, 5.74) is 4.94. The predicted octanol–water partition coefficient (Wildman–Crippen LogP) is 3.87. The molecule has 1 fully saturated rings. The van der Waals surface area contributed by atoms with Gasteiger partial charge >= 0.3 is 5.97 Å². The Balaban J connectivity index is 1.32. The number of hydrogen-bond acceptors (Lipinski definition) is 5. The molecule has 4 rings (SSSR count). The van der Waals surface area contributed by atoms with Crippen molar-refractivity contribution in [3.05, 3.63) is 65.4 Å². The molecule has 0 saturated carbocycles. The second-order valence-electron chi connectivity index (χ2n) is 8.10. The highest BCUT2D eigenvalue weighted by molar-refractivity contribution is 5.89. The van der Waals surface area contributed by atoms with Gasteiger partial charge in [-0.25, -0.2) is 0 Å². The monoisotopic (exact) mass is 420 g/mol. The molecule has 1 saturated heterocycles. The maximum absolute atomic E-state index is 12.8. The number of nitrogens with zero attached hydrogens (tertiary/aromatic N) is 2. The van der Waals surface area contributed by atoms with E-state index in [2.05, 4.69) is 17.0 Å². The molecule has 0 spiro atoms. The van der Waals surface area contributed by atoms with Crippen molar-refractivity contribution in [2.45, 2.75) is 33.3 Å². The summed E-state index contributed by atoms with van der Waals surface area (Å²) in [4.78, 5) is 29.3. The normalized spacial score (nSPS) is 15.2. The first-order chi connectivity index (χ1) is 14.9. The smallest absolute Gasteiger partial charge is 0.311 e. The molecule has 1 atom stereocenters. The Hall–Kier alpha value is -3.28. The molecule has 6 heteroatoms. The lowest BCUT2D eigenvalue weighted by molar-refractivity contribution is -0.158. The number of fused-ring (bicyclic) bond motifs is 1. The highest BCUT2D eigenvalue weighted by Crippen LogP contribution is 2.27. The van der Waals surface area contributed by atoms with Crippen LogP contribution in [0.4, 0.5) is 5.69 Å². The fraction of sp³-hybridized carbons (Fsp3) is 0.360. The van der Waals surface area contributed by atoms with Gasteiger partial charge in [0.15, 0.2) is 6.10 Å². The fourth-order valence-electron chi connectivity index (χ4n) is 4.05. The zero-order chi connectivity index (χ0) is 22.0. The standard InChI is InChI=1S/C25H28N2O4/c1-17-9-10-22-20(16-30-24(22)18(17)2)15-23(28)31-19(3)25(29)27-13-11-26(12-14-27)21-7-5-4-6-8-21/h4-10,16,19H,11-15H2,1-3H3/t19-/m1/s1.